The summed E-state index contributed by atoms with van der Waals surface area (Å²) in [5, 5.41) is 3.40. The number of methoxy groups -OCH3 is 2. The number of rotatable bonds is 9. The van der Waals surface area contributed by atoms with Gasteiger partial charge in [-0.1, -0.05) is 24.3 Å². The molecule has 0 spiro atoms. The fourth-order valence-corrected chi connectivity index (χ4v) is 5.32. The Labute approximate surface area is 244 Å². The number of anilines is 2. The van der Waals surface area contributed by atoms with Gasteiger partial charge in [0.1, 0.15) is 23.1 Å². The van der Waals surface area contributed by atoms with Gasteiger partial charge in [-0.2, -0.15) is 0 Å². The van der Waals surface area contributed by atoms with Crippen LogP contribution in [0, 0.1) is 11.6 Å². The van der Waals surface area contributed by atoms with Gasteiger partial charge in [0.15, 0.2) is 0 Å². The van der Waals surface area contributed by atoms with E-state index in [4.69, 9.17) is 14.2 Å². The highest BCUT2D eigenvalue weighted by Gasteiger charge is 2.42. The summed E-state index contributed by atoms with van der Waals surface area (Å²) in [6.07, 6.45) is 0.377. The third kappa shape index (κ3) is 6.07. The fraction of sp³-hybridized carbons (Fsp3) is 0.206. The number of ether oxygens (including phenoxy) is 3. The second kappa shape index (κ2) is 12.8. The molecule has 0 aliphatic carbocycles. The summed E-state index contributed by atoms with van der Waals surface area (Å²) in [4.78, 5) is 15.9. The Kier molecular flexibility index (Phi) is 8.71. The Morgan fingerprint density at radius 3 is 1.83 bits per heavy atom. The molecular weight excluding hydrogens is 538 g/mol. The first-order valence-electron chi connectivity index (χ1n) is 13.7. The van der Waals surface area contributed by atoms with Gasteiger partial charge in [-0.15, -0.1) is 0 Å². The van der Waals surface area contributed by atoms with Crippen LogP contribution >= 0.6 is 0 Å². The molecule has 0 saturated heterocycles. The fourth-order valence-electron chi connectivity index (χ4n) is 5.32. The van der Waals surface area contributed by atoms with E-state index >= 15 is 0 Å². The molecule has 1 heterocycles. The molecule has 42 heavy (non-hydrogen) atoms. The van der Waals surface area contributed by atoms with Crippen molar-refractivity contribution >= 4 is 17.3 Å². The topological polar surface area (TPSA) is 60.0 Å². The first kappa shape index (κ1) is 28.7. The summed E-state index contributed by atoms with van der Waals surface area (Å²) >= 11 is 0. The van der Waals surface area contributed by atoms with Crippen LogP contribution in [-0.4, -0.2) is 26.8 Å². The van der Waals surface area contributed by atoms with E-state index in [-0.39, 0.29) is 24.3 Å². The molecule has 0 bridgehead atoms. The number of carbonyl (C=O) groups is 1. The van der Waals surface area contributed by atoms with Gasteiger partial charge in [-0.05, 0) is 90.8 Å². The zero-order chi connectivity index (χ0) is 29.6. The molecule has 1 aliphatic rings. The summed E-state index contributed by atoms with van der Waals surface area (Å²) in [5.74, 6) is 0.169. The van der Waals surface area contributed by atoms with E-state index in [0.29, 0.717) is 34.9 Å². The van der Waals surface area contributed by atoms with Crippen molar-refractivity contribution in [3.05, 3.63) is 131 Å². The SMILES string of the molecule is CCOC(=O)C1=C(Nc2ccc(F)cc2)CC(c2ccc(OC)cc2)N(c2ccc(F)cc2)C1c1ccc(OC)cc1. The molecule has 2 atom stereocenters. The van der Waals surface area contributed by atoms with Crippen LogP contribution in [0.1, 0.15) is 36.6 Å². The van der Waals surface area contributed by atoms with Gasteiger partial charge in [0, 0.05) is 23.5 Å². The van der Waals surface area contributed by atoms with E-state index < -0.39 is 12.0 Å². The van der Waals surface area contributed by atoms with E-state index in [1.54, 1.807) is 45.4 Å². The summed E-state index contributed by atoms with van der Waals surface area (Å²) in [6.45, 7) is 1.94. The minimum absolute atomic E-state index is 0.181. The Bertz CT molecular complexity index is 1540. The lowest BCUT2D eigenvalue weighted by molar-refractivity contribution is -0.139. The monoisotopic (exact) mass is 570 g/mol. The van der Waals surface area contributed by atoms with Crippen LogP contribution in [0.15, 0.2) is 108 Å². The predicted octanol–water partition coefficient (Wildman–Crippen LogP) is 7.60. The highest BCUT2D eigenvalue weighted by atomic mass is 19.1. The van der Waals surface area contributed by atoms with Crippen LogP contribution in [0.2, 0.25) is 0 Å². The molecule has 0 fully saturated rings. The Morgan fingerprint density at radius 2 is 1.31 bits per heavy atom. The van der Waals surface area contributed by atoms with Gasteiger partial charge in [-0.3, -0.25) is 0 Å². The maximum Gasteiger partial charge on any atom is 0.338 e. The third-order valence-corrected chi connectivity index (χ3v) is 7.30. The molecule has 216 valence electrons. The minimum atomic E-state index is -0.635. The van der Waals surface area contributed by atoms with Crippen molar-refractivity contribution < 1.29 is 27.8 Å². The average molecular weight is 571 g/mol. The van der Waals surface area contributed by atoms with Crippen LogP contribution in [0.5, 0.6) is 11.5 Å². The molecule has 0 aromatic heterocycles. The van der Waals surface area contributed by atoms with Crippen molar-refractivity contribution in [2.45, 2.75) is 25.4 Å². The molecule has 6 nitrogen and oxygen atoms in total. The zero-order valence-corrected chi connectivity index (χ0v) is 23.6. The van der Waals surface area contributed by atoms with Crippen LogP contribution in [0.3, 0.4) is 0 Å². The largest absolute Gasteiger partial charge is 0.497 e. The lowest BCUT2D eigenvalue weighted by Crippen LogP contribution is -2.41. The van der Waals surface area contributed by atoms with E-state index in [1.165, 1.54) is 24.3 Å². The van der Waals surface area contributed by atoms with Crippen molar-refractivity contribution in [2.24, 2.45) is 0 Å². The van der Waals surface area contributed by atoms with Gasteiger partial charge in [0.05, 0.1) is 38.5 Å². The Morgan fingerprint density at radius 1 is 0.786 bits per heavy atom. The molecule has 8 heteroatoms. The van der Waals surface area contributed by atoms with Crippen molar-refractivity contribution in [2.75, 3.05) is 31.0 Å². The number of carbonyl (C=O) groups excluding carboxylic acids is 1. The van der Waals surface area contributed by atoms with Crippen LogP contribution < -0.4 is 19.7 Å². The van der Waals surface area contributed by atoms with E-state index in [1.807, 2.05) is 48.5 Å². The predicted molar refractivity (Wildman–Crippen MR) is 159 cm³/mol. The lowest BCUT2D eigenvalue weighted by atomic mass is 9.84. The smallest absolute Gasteiger partial charge is 0.338 e. The molecule has 0 saturated carbocycles. The zero-order valence-electron chi connectivity index (χ0n) is 23.6. The second-order valence-electron chi connectivity index (χ2n) is 9.80. The molecular formula is C34H32F2N2O4. The Hall–Kier alpha value is -4.85. The molecule has 0 radical (unpaired) electrons. The van der Waals surface area contributed by atoms with Crippen LogP contribution in [0.4, 0.5) is 20.2 Å². The molecule has 1 N–H and O–H groups in total. The number of benzene rings is 4. The second-order valence-corrected chi connectivity index (χ2v) is 9.80. The maximum atomic E-state index is 14.1. The summed E-state index contributed by atoms with van der Waals surface area (Å²) in [7, 11) is 3.20. The number of esters is 1. The summed E-state index contributed by atoms with van der Waals surface area (Å²) in [6, 6.07) is 26.5. The molecule has 5 rings (SSSR count). The van der Waals surface area contributed by atoms with Gasteiger partial charge in [-0.25, -0.2) is 13.6 Å². The first-order chi connectivity index (χ1) is 20.4. The molecule has 4 aromatic rings. The van der Waals surface area contributed by atoms with Gasteiger partial charge in [0.2, 0.25) is 0 Å². The maximum absolute atomic E-state index is 14.1. The van der Waals surface area contributed by atoms with Crippen molar-refractivity contribution in [1.82, 2.24) is 0 Å². The highest BCUT2D eigenvalue weighted by Crippen LogP contribution is 2.48. The first-order valence-corrected chi connectivity index (χ1v) is 13.7. The normalized spacial score (nSPS) is 16.6. The number of nitrogens with zero attached hydrogens (tertiary/aromatic N) is 1. The summed E-state index contributed by atoms with van der Waals surface area (Å²) in [5.41, 5.74) is 4.16. The van der Waals surface area contributed by atoms with Gasteiger partial charge < -0.3 is 24.4 Å². The quantitative estimate of drug-likeness (QED) is 0.209. The van der Waals surface area contributed by atoms with Crippen molar-refractivity contribution in [3.63, 3.8) is 0 Å². The standard InChI is InChI=1S/C34H32F2N2O4/c1-4-42-34(39)32-30(37-26-13-9-24(35)10-14-26)21-31(22-5-17-28(40-2)18-6-22)38(27-15-11-25(36)12-16-27)33(32)23-7-19-29(41-3)20-8-23/h5-20,31,33,37H,4,21H2,1-3H3. The number of hydrogen-bond donors (Lipinski definition) is 1. The number of halogens is 2. The van der Waals surface area contributed by atoms with Gasteiger partial charge in [0.25, 0.3) is 0 Å². The molecule has 4 aromatic carbocycles. The molecule has 2 unspecified atom stereocenters. The Balaban J connectivity index is 1.76. The molecule has 1 aliphatic heterocycles. The average Bonchev–Trinajstić information content (AvgIpc) is 3.02. The van der Waals surface area contributed by atoms with E-state index in [2.05, 4.69) is 10.2 Å². The van der Waals surface area contributed by atoms with E-state index in [9.17, 15) is 13.6 Å². The van der Waals surface area contributed by atoms with E-state index in [0.717, 1.165) is 16.8 Å². The molecule has 0 amide bonds. The summed E-state index contributed by atoms with van der Waals surface area (Å²) < 4.78 is 44.3. The highest BCUT2D eigenvalue weighted by molar-refractivity contribution is 5.93. The number of hydrogen-bond acceptors (Lipinski definition) is 6. The number of nitrogens with one attached hydrogen (secondary N) is 1. The van der Waals surface area contributed by atoms with Crippen molar-refractivity contribution in [3.8, 4) is 11.5 Å². The van der Waals surface area contributed by atoms with Crippen molar-refractivity contribution in [1.29, 1.82) is 0 Å². The van der Waals surface area contributed by atoms with Crippen LogP contribution in [-0.2, 0) is 9.53 Å². The minimum Gasteiger partial charge on any atom is -0.497 e. The lowest BCUT2D eigenvalue weighted by Gasteiger charge is -2.46. The van der Waals surface area contributed by atoms with Gasteiger partial charge >= 0.3 is 5.97 Å². The van der Waals surface area contributed by atoms with Crippen LogP contribution in [0.25, 0.3) is 0 Å². The third-order valence-electron chi connectivity index (χ3n) is 7.30.